The number of halogens is 1. The molecule has 0 bridgehead atoms. The third kappa shape index (κ3) is 4.46. The summed E-state index contributed by atoms with van der Waals surface area (Å²) in [7, 11) is 2.10. The van der Waals surface area contributed by atoms with E-state index in [1.165, 1.54) is 29.4 Å². The zero-order valence-electron chi connectivity index (χ0n) is 19.9. The number of carbonyl (C=O) groups is 3. The first-order valence-electron chi connectivity index (χ1n) is 11.2. The molecule has 0 radical (unpaired) electrons. The highest BCUT2D eigenvalue weighted by Gasteiger charge is 2.37. The smallest absolute Gasteiger partial charge is 0.294 e. The van der Waals surface area contributed by atoms with Crippen LogP contribution in [0, 0.1) is 12.7 Å². The second kappa shape index (κ2) is 8.91. The monoisotopic (exact) mass is 481 g/mol. The molecule has 2 aromatic carbocycles. The van der Waals surface area contributed by atoms with E-state index in [2.05, 4.69) is 50.2 Å². The average molecular weight is 482 g/mol. The minimum atomic E-state index is -0.641. The molecule has 1 atom stereocenters. The van der Waals surface area contributed by atoms with Crippen LogP contribution in [-0.4, -0.2) is 41.1 Å². The molecule has 1 fully saturated rings. The molecule has 0 aromatic heterocycles. The molecule has 1 unspecified atom stereocenters. The number of hydrogen-bond acceptors (Lipinski definition) is 5. The highest BCUT2D eigenvalue weighted by molar-refractivity contribution is 8.18. The van der Waals surface area contributed by atoms with Gasteiger partial charge in [0.2, 0.25) is 5.91 Å². The Morgan fingerprint density at radius 1 is 1.26 bits per heavy atom. The third-order valence-corrected chi connectivity index (χ3v) is 7.54. The van der Waals surface area contributed by atoms with E-state index in [-0.39, 0.29) is 16.1 Å². The number of carbonyl (C=O) groups excluding carboxylic acids is 3. The number of fused-ring (bicyclic) bond motifs is 1. The number of para-hydroxylation sites is 1. The molecule has 2 aromatic rings. The first-order chi connectivity index (χ1) is 16.0. The van der Waals surface area contributed by atoms with Gasteiger partial charge in [0.1, 0.15) is 12.4 Å². The third-order valence-electron chi connectivity index (χ3n) is 6.63. The van der Waals surface area contributed by atoms with Crippen molar-refractivity contribution in [3.05, 3.63) is 63.8 Å². The van der Waals surface area contributed by atoms with Crippen molar-refractivity contribution in [2.24, 2.45) is 0 Å². The van der Waals surface area contributed by atoms with Crippen LogP contribution in [0.2, 0.25) is 0 Å². The number of thioether (sulfide) groups is 1. The maximum absolute atomic E-state index is 13.8. The van der Waals surface area contributed by atoms with E-state index < -0.39 is 29.4 Å². The Balaban J connectivity index is 1.55. The van der Waals surface area contributed by atoms with Gasteiger partial charge in [-0.2, -0.15) is 0 Å². The lowest BCUT2D eigenvalue weighted by molar-refractivity contribution is -0.127. The summed E-state index contributed by atoms with van der Waals surface area (Å²) in [5, 5.41) is 1.89. The summed E-state index contributed by atoms with van der Waals surface area (Å²) in [5.74, 6) is -1.40. The van der Waals surface area contributed by atoms with E-state index >= 15 is 0 Å². The summed E-state index contributed by atoms with van der Waals surface area (Å²) in [5.41, 5.74) is 4.31. The predicted octanol–water partition coefficient (Wildman–Crippen LogP) is 5.53. The Bertz CT molecular complexity index is 1220. The Morgan fingerprint density at radius 3 is 2.68 bits per heavy atom. The van der Waals surface area contributed by atoms with E-state index in [0.29, 0.717) is 5.92 Å². The van der Waals surface area contributed by atoms with Gasteiger partial charge < -0.3 is 10.2 Å². The van der Waals surface area contributed by atoms with E-state index in [4.69, 9.17) is 0 Å². The standard InChI is InChI=1S/C26H28FN3O3S/c1-15-10-21-18(16(2)13-26(3,4)29(21)5)11-17(15)12-22-24(32)30(25(33)34-22)14-23(31)28-20-9-7-6-8-19(20)27/h6-12,16H,13-14H2,1-5H3,(H,28,31)/b22-12+. The van der Waals surface area contributed by atoms with Crippen molar-refractivity contribution in [1.82, 2.24) is 4.90 Å². The molecular formula is C26H28FN3O3S. The Kier molecular flexibility index (Phi) is 6.29. The summed E-state index contributed by atoms with van der Waals surface area (Å²) in [6.07, 6.45) is 2.73. The normalized spacial score (nSPS) is 20.6. The van der Waals surface area contributed by atoms with Crippen LogP contribution in [0.15, 0.2) is 41.3 Å². The SMILES string of the molecule is Cc1cc2c(cc1/C=C1/SC(=O)N(CC(=O)Nc3ccccc3F)C1=O)C(C)CC(C)(C)N2C. The van der Waals surface area contributed by atoms with Crippen molar-refractivity contribution in [2.75, 3.05) is 23.8 Å². The fourth-order valence-electron chi connectivity index (χ4n) is 4.56. The number of benzene rings is 2. The summed E-state index contributed by atoms with van der Waals surface area (Å²) < 4.78 is 13.8. The molecule has 0 saturated carbocycles. The maximum atomic E-state index is 13.8. The number of nitrogens with zero attached hydrogens (tertiary/aromatic N) is 2. The van der Waals surface area contributed by atoms with Gasteiger partial charge in [0.25, 0.3) is 11.1 Å². The molecule has 2 heterocycles. The quantitative estimate of drug-likeness (QED) is 0.582. The number of aryl methyl sites for hydroxylation is 1. The van der Waals surface area contributed by atoms with E-state index in [1.807, 2.05) is 6.92 Å². The van der Waals surface area contributed by atoms with Crippen LogP contribution in [0.4, 0.5) is 20.6 Å². The highest BCUT2D eigenvalue weighted by atomic mass is 32.2. The first-order valence-corrected chi connectivity index (χ1v) is 12.0. The van der Waals surface area contributed by atoms with E-state index in [1.54, 1.807) is 12.1 Å². The van der Waals surface area contributed by atoms with Gasteiger partial charge in [-0.15, -0.1) is 0 Å². The molecule has 3 amide bonds. The fourth-order valence-corrected chi connectivity index (χ4v) is 5.39. The number of anilines is 2. The van der Waals surface area contributed by atoms with Crippen LogP contribution >= 0.6 is 11.8 Å². The van der Waals surface area contributed by atoms with E-state index in [0.717, 1.165) is 34.2 Å². The molecule has 34 heavy (non-hydrogen) atoms. The van der Waals surface area contributed by atoms with Gasteiger partial charge in [-0.3, -0.25) is 19.3 Å². The lowest BCUT2D eigenvalue weighted by Crippen LogP contribution is -2.45. The Labute approximate surface area is 203 Å². The van der Waals surface area contributed by atoms with Crippen LogP contribution < -0.4 is 10.2 Å². The molecule has 4 rings (SSSR count). The lowest BCUT2D eigenvalue weighted by Gasteiger charge is -2.45. The van der Waals surface area contributed by atoms with Crippen LogP contribution in [0.5, 0.6) is 0 Å². The Morgan fingerprint density at radius 2 is 1.97 bits per heavy atom. The van der Waals surface area contributed by atoms with Crippen LogP contribution in [0.25, 0.3) is 6.08 Å². The topological polar surface area (TPSA) is 69.7 Å². The van der Waals surface area contributed by atoms with Gasteiger partial charge in [0.05, 0.1) is 10.6 Å². The van der Waals surface area contributed by atoms with Crippen molar-refractivity contribution < 1.29 is 18.8 Å². The zero-order valence-corrected chi connectivity index (χ0v) is 20.8. The summed E-state index contributed by atoms with van der Waals surface area (Å²) >= 11 is 0.809. The van der Waals surface area contributed by atoms with Crippen LogP contribution in [0.3, 0.4) is 0 Å². The Hall–Kier alpha value is -3.13. The van der Waals surface area contributed by atoms with Gasteiger partial charge in [0, 0.05) is 18.3 Å². The number of hydrogen-bond donors (Lipinski definition) is 1. The molecule has 1 saturated heterocycles. The lowest BCUT2D eigenvalue weighted by atomic mass is 9.79. The number of nitrogens with one attached hydrogen (secondary N) is 1. The number of amides is 3. The molecule has 0 spiro atoms. The van der Waals surface area contributed by atoms with Crippen LogP contribution in [-0.2, 0) is 9.59 Å². The first kappa shape index (κ1) is 24.0. The second-order valence-corrected chi connectivity index (χ2v) is 10.5. The molecule has 2 aliphatic heterocycles. The molecule has 6 nitrogen and oxygen atoms in total. The highest BCUT2D eigenvalue weighted by Crippen LogP contribution is 2.44. The van der Waals surface area contributed by atoms with Crippen molar-refractivity contribution in [3.8, 4) is 0 Å². The minimum Gasteiger partial charge on any atom is -0.369 e. The number of imide groups is 1. The van der Waals surface area contributed by atoms with Gasteiger partial charge >= 0.3 is 0 Å². The molecular weight excluding hydrogens is 453 g/mol. The van der Waals surface area contributed by atoms with Crippen molar-refractivity contribution in [2.45, 2.75) is 45.6 Å². The molecule has 2 aliphatic rings. The van der Waals surface area contributed by atoms with Crippen LogP contribution in [0.1, 0.15) is 49.8 Å². The van der Waals surface area contributed by atoms with Crippen molar-refractivity contribution >= 4 is 46.3 Å². The minimum absolute atomic E-state index is 0.00182. The fraction of sp³-hybridized carbons (Fsp3) is 0.346. The average Bonchev–Trinajstić information content (AvgIpc) is 3.02. The maximum Gasteiger partial charge on any atom is 0.294 e. The van der Waals surface area contributed by atoms with Gasteiger partial charge in [-0.1, -0.05) is 19.1 Å². The number of rotatable bonds is 4. The second-order valence-electron chi connectivity index (χ2n) is 9.54. The predicted molar refractivity (Wildman–Crippen MR) is 134 cm³/mol. The summed E-state index contributed by atoms with van der Waals surface area (Å²) in [6, 6.07) is 9.96. The summed E-state index contributed by atoms with van der Waals surface area (Å²) in [6.45, 7) is 8.17. The molecule has 178 valence electrons. The summed E-state index contributed by atoms with van der Waals surface area (Å²) in [4.78, 5) is 41.2. The molecule has 0 aliphatic carbocycles. The van der Waals surface area contributed by atoms with E-state index in [9.17, 15) is 18.8 Å². The van der Waals surface area contributed by atoms with Gasteiger partial charge in [-0.05, 0) is 91.9 Å². The molecule has 1 N–H and O–H groups in total. The zero-order chi connectivity index (χ0) is 24.8. The van der Waals surface area contributed by atoms with Gasteiger partial charge in [-0.25, -0.2) is 4.39 Å². The van der Waals surface area contributed by atoms with Gasteiger partial charge in [0.15, 0.2) is 0 Å². The molecule has 8 heteroatoms. The largest absolute Gasteiger partial charge is 0.369 e. The van der Waals surface area contributed by atoms with Crippen molar-refractivity contribution in [1.29, 1.82) is 0 Å². The van der Waals surface area contributed by atoms with Crippen molar-refractivity contribution in [3.63, 3.8) is 0 Å².